The van der Waals surface area contributed by atoms with Gasteiger partial charge in [-0.1, -0.05) is 156 Å². The second kappa shape index (κ2) is 41.1. The number of hydrogen-bond acceptors (Lipinski definition) is 26. The first kappa shape index (κ1) is 78.6. The minimum Gasteiger partial charge on any atom is -0.457 e. The van der Waals surface area contributed by atoms with Crippen molar-refractivity contribution >= 4 is 17.9 Å². The highest BCUT2D eigenvalue weighted by molar-refractivity contribution is 5.70. The summed E-state index contributed by atoms with van der Waals surface area (Å²) in [7, 11) is 0. The molecule has 6 aliphatic heterocycles. The zero-order valence-corrected chi connectivity index (χ0v) is 55.4. The number of fused-ring (bicyclic) bond motifs is 2. The van der Waals surface area contributed by atoms with Crippen molar-refractivity contribution in [2.24, 2.45) is 0 Å². The first-order chi connectivity index (χ1) is 44.3. The Morgan fingerprint density at radius 3 is 1.50 bits per heavy atom. The van der Waals surface area contributed by atoms with E-state index in [0.717, 1.165) is 128 Å². The summed E-state index contributed by atoms with van der Waals surface area (Å²) in [5, 5.41) is 113. The Kier molecular flexibility index (Phi) is 35.1. The first-order valence-electron chi connectivity index (χ1n) is 35.1. The third kappa shape index (κ3) is 23.1. The van der Waals surface area contributed by atoms with E-state index in [-0.39, 0.29) is 25.4 Å². The van der Waals surface area contributed by atoms with Gasteiger partial charge in [0.05, 0.1) is 37.6 Å². The molecule has 0 aromatic heterocycles. The van der Waals surface area contributed by atoms with E-state index in [2.05, 4.69) is 20.8 Å². The molecule has 92 heavy (non-hydrogen) atoms. The predicted octanol–water partition coefficient (Wildman–Crippen LogP) is 4.59. The summed E-state index contributed by atoms with van der Waals surface area (Å²) in [6.45, 7) is 9.31. The maximum atomic E-state index is 14.3. The highest BCUT2D eigenvalue weighted by Gasteiger charge is 2.59. The molecule has 0 saturated carbocycles. The van der Waals surface area contributed by atoms with Gasteiger partial charge in [0.15, 0.2) is 49.8 Å². The van der Waals surface area contributed by atoms with Gasteiger partial charge in [0, 0.05) is 19.3 Å². The summed E-state index contributed by atoms with van der Waals surface area (Å²) >= 11 is 0. The van der Waals surface area contributed by atoms with Crippen LogP contribution in [0, 0.1) is 0 Å². The van der Waals surface area contributed by atoms with E-state index >= 15 is 0 Å². The second-order valence-corrected chi connectivity index (χ2v) is 26.3. The molecule has 0 aromatic rings. The highest BCUT2D eigenvalue weighted by Crippen LogP contribution is 2.40. The maximum Gasteiger partial charge on any atom is 0.306 e. The minimum atomic E-state index is -2.02. The Morgan fingerprint density at radius 2 is 0.880 bits per heavy atom. The van der Waals surface area contributed by atoms with Gasteiger partial charge < -0.3 is 113 Å². The fraction of sp³-hybridized carbons (Fsp3) is 0.955. The lowest BCUT2D eigenvalue weighted by molar-refractivity contribution is -0.400. The fourth-order valence-electron chi connectivity index (χ4n) is 13.1. The molecule has 0 amide bonds. The molecular weight excluding hydrogens is 1210 g/mol. The lowest BCUT2D eigenvalue weighted by Crippen LogP contribution is -2.68. The van der Waals surface area contributed by atoms with Crippen LogP contribution in [0.5, 0.6) is 0 Å². The predicted molar refractivity (Wildman–Crippen MR) is 327 cm³/mol. The smallest absolute Gasteiger partial charge is 0.306 e. The molecule has 6 aliphatic rings. The van der Waals surface area contributed by atoms with Crippen molar-refractivity contribution in [1.82, 2.24) is 0 Å². The Morgan fingerprint density at radius 1 is 0.413 bits per heavy atom. The Balaban J connectivity index is 1.33. The molecule has 26 nitrogen and oxygen atoms in total. The van der Waals surface area contributed by atoms with Crippen LogP contribution in [-0.2, 0) is 76.0 Å². The Hall–Kier alpha value is -2.39. The van der Waals surface area contributed by atoms with Crippen molar-refractivity contribution in [2.45, 2.75) is 387 Å². The van der Waals surface area contributed by atoms with E-state index in [1.54, 1.807) is 0 Å². The van der Waals surface area contributed by atoms with Gasteiger partial charge in [-0.15, -0.1) is 0 Å². The topological polar surface area (TPSA) is 374 Å². The third-order valence-electron chi connectivity index (χ3n) is 18.7. The van der Waals surface area contributed by atoms with Gasteiger partial charge in [-0.2, -0.15) is 0 Å². The van der Waals surface area contributed by atoms with Crippen LogP contribution in [0.3, 0.4) is 0 Å². The zero-order valence-electron chi connectivity index (χ0n) is 55.4. The van der Waals surface area contributed by atoms with Gasteiger partial charge in [0.2, 0.25) is 0 Å². The van der Waals surface area contributed by atoms with Crippen LogP contribution in [0.2, 0.25) is 0 Å². The molecule has 0 bridgehead atoms. The second-order valence-electron chi connectivity index (χ2n) is 26.3. The van der Waals surface area contributed by atoms with Gasteiger partial charge >= 0.3 is 17.9 Å². The largest absolute Gasteiger partial charge is 0.457 e. The molecule has 6 heterocycles. The molecule has 0 unspecified atom stereocenters. The van der Waals surface area contributed by atoms with Gasteiger partial charge in [-0.25, -0.2) is 0 Å². The van der Waals surface area contributed by atoms with Gasteiger partial charge in [0.1, 0.15) is 85.5 Å². The number of carbonyl (C=O) groups is 3. The normalized spacial score (nSPS) is 39.7. The van der Waals surface area contributed by atoms with Crippen molar-refractivity contribution < 1.29 is 127 Å². The van der Waals surface area contributed by atoms with Crippen LogP contribution in [0.4, 0.5) is 0 Å². The Labute approximate surface area is 543 Å². The minimum absolute atomic E-state index is 0.0625. The van der Waals surface area contributed by atoms with E-state index < -0.39 is 185 Å². The number of ether oxygens (including phenoxy) is 13. The summed E-state index contributed by atoms with van der Waals surface area (Å²) in [4.78, 5) is 41.4. The molecule has 6 rings (SSSR count). The maximum absolute atomic E-state index is 14.3. The monoisotopic (exact) mass is 1320 g/mol. The third-order valence-corrected chi connectivity index (χ3v) is 18.7. The van der Waals surface area contributed by atoms with Crippen molar-refractivity contribution in [3.05, 3.63) is 0 Å². The summed E-state index contributed by atoms with van der Waals surface area (Å²) in [5.74, 6) is -2.13. The lowest BCUT2D eigenvalue weighted by atomic mass is 9.95. The molecule has 6 fully saturated rings. The molecule has 6 saturated heterocycles. The van der Waals surface area contributed by atoms with Crippen LogP contribution in [0.25, 0.3) is 0 Å². The number of carbonyl (C=O) groups excluding carboxylic acids is 3. The van der Waals surface area contributed by atoms with Crippen LogP contribution in [0.15, 0.2) is 0 Å². The molecule has 0 aliphatic carbocycles. The zero-order chi connectivity index (χ0) is 66.9. The summed E-state index contributed by atoms with van der Waals surface area (Å²) in [6.07, 6.45) is -19.1. The van der Waals surface area contributed by atoms with Crippen LogP contribution >= 0.6 is 0 Å². The SMILES string of the molecule is CCCCCCCCCC(=O)O[C@@H]1[C@@H](O)[C@@H](O)[C@H](O[C@@H]2[C@@H](O[C@@H]3O[C@H](CO)[C@@H](O)[C@H](O)[C@H]3O)[C@@H](OC(=O)CCCCCCCCC)[C@H](O[C@@H]3[C@@H](O)[C@H]4OC(=O)CCCCCCCCC[C@H](CCCCC)O[C@@H]5O[C@H](CO)[C@@H](O)[C@H](O)[C@H]5O[C@@H]4O[C@H]3C)O[C@H]2C)O[C@H]1C. The molecule has 26 atom stereocenters. The number of hydrogen-bond donors (Lipinski definition) is 10. The number of rotatable bonds is 30. The molecule has 0 radical (unpaired) electrons. The highest BCUT2D eigenvalue weighted by atomic mass is 16.8. The van der Waals surface area contributed by atoms with E-state index in [1.807, 2.05) is 0 Å². The number of aliphatic hydroxyl groups excluding tert-OH is 10. The van der Waals surface area contributed by atoms with Gasteiger partial charge in [-0.05, 0) is 52.9 Å². The van der Waals surface area contributed by atoms with Crippen molar-refractivity contribution in [3.63, 3.8) is 0 Å². The van der Waals surface area contributed by atoms with Gasteiger partial charge in [-0.3, -0.25) is 14.4 Å². The fourth-order valence-corrected chi connectivity index (χ4v) is 13.1. The van der Waals surface area contributed by atoms with E-state index in [4.69, 9.17) is 61.6 Å². The van der Waals surface area contributed by atoms with Crippen molar-refractivity contribution in [3.8, 4) is 0 Å². The summed E-state index contributed by atoms with van der Waals surface area (Å²) < 4.78 is 82.1. The van der Waals surface area contributed by atoms with Crippen LogP contribution < -0.4 is 0 Å². The van der Waals surface area contributed by atoms with Crippen molar-refractivity contribution in [2.75, 3.05) is 13.2 Å². The van der Waals surface area contributed by atoms with Crippen LogP contribution in [-0.4, -0.2) is 242 Å². The molecular formula is C66H116O26. The molecule has 536 valence electrons. The summed E-state index contributed by atoms with van der Waals surface area (Å²) in [6, 6.07) is 0. The average Bonchev–Trinajstić information content (AvgIpc) is 0.782. The van der Waals surface area contributed by atoms with Gasteiger partial charge in [0.25, 0.3) is 0 Å². The number of unbranched alkanes of at least 4 members (excludes halogenated alkanes) is 14. The average molecular weight is 1330 g/mol. The molecule has 0 aromatic carbocycles. The summed E-state index contributed by atoms with van der Waals surface area (Å²) in [5.41, 5.74) is 0. The lowest BCUT2D eigenvalue weighted by Gasteiger charge is -2.51. The van der Waals surface area contributed by atoms with Crippen molar-refractivity contribution in [1.29, 1.82) is 0 Å². The number of esters is 3. The quantitative estimate of drug-likeness (QED) is 0.0267. The molecule has 0 spiro atoms. The first-order valence-corrected chi connectivity index (χ1v) is 35.1. The van der Waals surface area contributed by atoms with E-state index in [9.17, 15) is 65.4 Å². The molecule has 10 N–H and O–H groups in total. The molecule has 26 heteroatoms. The van der Waals surface area contributed by atoms with E-state index in [0.29, 0.717) is 38.5 Å². The Bertz CT molecular complexity index is 2060. The van der Waals surface area contributed by atoms with Crippen LogP contribution in [0.1, 0.15) is 228 Å². The number of aliphatic hydroxyl groups is 10. The standard InChI is InChI=1S/C66H116O26/c1-7-10-13-15-18-23-28-33-44(69)86-55-38(4)80-62(53(78)51(55)76)90-57-40(6)82-66(61(88-46(71)35-30-24-19-16-14-11-8-2)60(57)92-63-52(77)49(74)47(72)42(36-67)84-63)89-56-39(5)81-64-59(54(56)79)87-45(70)34-29-25-21-17-20-22-27-32-41(31-26-12-9-3)83-65-58(91-64)50(75)48(73)43(37-68)85-65/h38-43,47-68,72-79H,7-37H2,1-6H3/t38-,39-,40-,41-,42+,43+,47+,48+,49-,50-,51-,52+,53+,54+,55-,56-,57-,58+,59+,60+,61+,62-,63-,64-,65+,66-/m0/s1. The van der Waals surface area contributed by atoms with E-state index in [1.165, 1.54) is 20.8 Å².